The molecule has 1 aromatic rings. The van der Waals surface area contributed by atoms with Crippen molar-refractivity contribution in [2.75, 3.05) is 7.11 Å². The van der Waals surface area contributed by atoms with E-state index in [1.54, 1.807) is 6.07 Å². The third-order valence-corrected chi connectivity index (χ3v) is 3.80. The highest BCUT2D eigenvalue weighted by atomic mass is 32.2. The molecule has 1 aliphatic heterocycles. The normalized spacial score (nSPS) is 20.0. The van der Waals surface area contributed by atoms with Crippen LogP contribution in [0.3, 0.4) is 0 Å². The number of carbonyl (C=O) groups excluding carboxylic acids is 1. The van der Waals surface area contributed by atoms with E-state index >= 15 is 0 Å². The number of methoxy groups -OCH3 is 1. The van der Waals surface area contributed by atoms with E-state index in [9.17, 15) is 18.0 Å². The SMILES string of the molecule is COc1ccc2c(c1)S[C@@H](C(F)(F)F)CC2=O. The molecule has 0 aromatic heterocycles. The van der Waals surface area contributed by atoms with Gasteiger partial charge < -0.3 is 4.74 Å². The summed E-state index contributed by atoms with van der Waals surface area (Å²) >= 11 is 0.671. The molecule has 6 heteroatoms. The van der Waals surface area contributed by atoms with Crippen molar-refractivity contribution in [3.8, 4) is 5.75 Å². The van der Waals surface area contributed by atoms with E-state index in [1.807, 2.05) is 0 Å². The first-order valence-corrected chi connectivity index (χ1v) is 5.74. The zero-order chi connectivity index (χ0) is 12.6. The Morgan fingerprint density at radius 2 is 2.12 bits per heavy atom. The quantitative estimate of drug-likeness (QED) is 0.776. The molecular weight excluding hydrogens is 253 g/mol. The molecule has 1 aromatic carbocycles. The third-order valence-electron chi connectivity index (χ3n) is 2.49. The Morgan fingerprint density at radius 3 is 2.71 bits per heavy atom. The van der Waals surface area contributed by atoms with Crippen LogP contribution in [0.1, 0.15) is 16.8 Å². The molecule has 0 saturated carbocycles. The van der Waals surface area contributed by atoms with Crippen LogP contribution in [-0.4, -0.2) is 24.3 Å². The fourth-order valence-electron chi connectivity index (χ4n) is 1.61. The summed E-state index contributed by atoms with van der Waals surface area (Å²) in [7, 11) is 1.43. The minimum Gasteiger partial charge on any atom is -0.497 e. The maximum absolute atomic E-state index is 12.6. The van der Waals surface area contributed by atoms with Crippen LogP contribution >= 0.6 is 11.8 Å². The molecule has 0 aliphatic carbocycles. The molecule has 0 radical (unpaired) electrons. The number of Topliss-reactive ketones (excluding diaryl/α,β-unsaturated/α-hetero) is 1. The van der Waals surface area contributed by atoms with Gasteiger partial charge in [0, 0.05) is 16.9 Å². The van der Waals surface area contributed by atoms with E-state index in [0.717, 1.165) is 0 Å². The molecule has 17 heavy (non-hydrogen) atoms. The fraction of sp³-hybridized carbons (Fsp3) is 0.364. The Kier molecular flexibility index (Phi) is 3.07. The molecule has 0 N–H and O–H groups in total. The van der Waals surface area contributed by atoms with Gasteiger partial charge in [0.25, 0.3) is 0 Å². The van der Waals surface area contributed by atoms with Gasteiger partial charge in [-0.2, -0.15) is 13.2 Å². The number of alkyl halides is 3. The van der Waals surface area contributed by atoms with Gasteiger partial charge in [0.1, 0.15) is 11.0 Å². The van der Waals surface area contributed by atoms with Crippen molar-refractivity contribution in [3.05, 3.63) is 23.8 Å². The van der Waals surface area contributed by atoms with Gasteiger partial charge in [0.2, 0.25) is 0 Å². The van der Waals surface area contributed by atoms with Crippen molar-refractivity contribution < 1.29 is 22.7 Å². The summed E-state index contributed by atoms with van der Waals surface area (Å²) in [6.07, 6.45) is -4.85. The summed E-state index contributed by atoms with van der Waals surface area (Å²) in [5, 5.41) is -1.66. The van der Waals surface area contributed by atoms with E-state index < -0.39 is 23.6 Å². The lowest BCUT2D eigenvalue weighted by molar-refractivity contribution is -0.128. The first-order valence-electron chi connectivity index (χ1n) is 4.86. The van der Waals surface area contributed by atoms with E-state index in [-0.39, 0.29) is 0 Å². The number of benzene rings is 1. The Morgan fingerprint density at radius 1 is 1.41 bits per heavy atom. The summed E-state index contributed by atoms with van der Waals surface area (Å²) in [5.41, 5.74) is 0.344. The highest BCUT2D eigenvalue weighted by Crippen LogP contribution is 2.43. The molecule has 0 saturated heterocycles. The van der Waals surface area contributed by atoms with Crippen LogP contribution in [0.15, 0.2) is 23.1 Å². The average molecular weight is 262 g/mol. The Bertz CT molecular complexity index is 457. The number of halogens is 3. The zero-order valence-corrected chi connectivity index (χ0v) is 9.69. The molecule has 92 valence electrons. The van der Waals surface area contributed by atoms with Gasteiger partial charge >= 0.3 is 6.18 Å². The maximum Gasteiger partial charge on any atom is 0.401 e. The van der Waals surface area contributed by atoms with Crippen molar-refractivity contribution in [2.45, 2.75) is 22.7 Å². The van der Waals surface area contributed by atoms with Gasteiger partial charge in [-0.1, -0.05) is 0 Å². The molecule has 1 heterocycles. The van der Waals surface area contributed by atoms with Gasteiger partial charge in [-0.05, 0) is 18.2 Å². The number of carbonyl (C=O) groups is 1. The van der Waals surface area contributed by atoms with Crippen LogP contribution in [-0.2, 0) is 0 Å². The Balaban J connectivity index is 2.37. The lowest BCUT2D eigenvalue weighted by Gasteiger charge is -2.25. The summed E-state index contributed by atoms with van der Waals surface area (Å²) in [6, 6.07) is 4.55. The first-order chi connectivity index (χ1) is 7.91. The Labute approximate surface area is 100 Å². The lowest BCUT2D eigenvalue weighted by atomic mass is 10.1. The number of ether oxygens (including phenoxy) is 1. The molecule has 2 rings (SSSR count). The number of fused-ring (bicyclic) bond motifs is 1. The summed E-state index contributed by atoms with van der Waals surface area (Å²) in [6.45, 7) is 0. The monoisotopic (exact) mass is 262 g/mol. The van der Waals surface area contributed by atoms with Gasteiger partial charge in [0.15, 0.2) is 5.78 Å². The van der Waals surface area contributed by atoms with Gasteiger partial charge in [-0.25, -0.2) is 0 Å². The molecular formula is C11H9F3O2S. The van der Waals surface area contributed by atoms with Crippen LogP contribution in [0, 0.1) is 0 Å². The maximum atomic E-state index is 12.6. The van der Waals surface area contributed by atoms with Gasteiger partial charge in [0.05, 0.1) is 7.11 Å². The van der Waals surface area contributed by atoms with E-state index in [1.165, 1.54) is 19.2 Å². The predicted octanol–water partition coefficient (Wildman–Crippen LogP) is 3.30. The predicted molar refractivity (Wildman–Crippen MR) is 57.6 cm³/mol. The standard InChI is InChI=1S/C11H9F3O2S/c1-16-6-2-3-7-8(15)5-10(11(12,13)14)17-9(7)4-6/h2-4,10H,5H2,1H3/t10-/m1/s1. The highest BCUT2D eigenvalue weighted by molar-refractivity contribution is 8.00. The van der Waals surface area contributed by atoms with Crippen molar-refractivity contribution in [1.82, 2.24) is 0 Å². The molecule has 1 atom stereocenters. The smallest absolute Gasteiger partial charge is 0.401 e. The van der Waals surface area contributed by atoms with E-state index in [4.69, 9.17) is 4.74 Å². The second-order valence-electron chi connectivity index (χ2n) is 3.64. The number of rotatable bonds is 1. The Hall–Kier alpha value is -1.17. The van der Waals surface area contributed by atoms with Crippen LogP contribution in [0.2, 0.25) is 0 Å². The average Bonchev–Trinajstić information content (AvgIpc) is 2.27. The van der Waals surface area contributed by atoms with Gasteiger partial charge in [-0.3, -0.25) is 4.79 Å². The largest absolute Gasteiger partial charge is 0.497 e. The second-order valence-corrected chi connectivity index (χ2v) is 4.88. The second kappa shape index (κ2) is 4.25. The molecule has 0 spiro atoms. The van der Waals surface area contributed by atoms with Crippen molar-refractivity contribution in [1.29, 1.82) is 0 Å². The molecule has 0 bridgehead atoms. The molecule has 1 aliphatic rings. The fourth-order valence-corrected chi connectivity index (χ4v) is 2.78. The van der Waals surface area contributed by atoms with Crippen LogP contribution in [0.25, 0.3) is 0 Å². The molecule has 0 unspecified atom stereocenters. The molecule has 0 amide bonds. The molecule has 0 fully saturated rings. The summed E-state index contributed by atoms with van der Waals surface area (Å²) < 4.78 is 42.7. The van der Waals surface area contributed by atoms with Crippen molar-refractivity contribution in [3.63, 3.8) is 0 Å². The number of hydrogen-bond acceptors (Lipinski definition) is 3. The summed E-state index contributed by atoms with van der Waals surface area (Å²) in [5.74, 6) is -0.0180. The van der Waals surface area contributed by atoms with Crippen molar-refractivity contribution >= 4 is 17.5 Å². The minimum atomic E-state index is -4.36. The zero-order valence-electron chi connectivity index (χ0n) is 8.88. The van der Waals surface area contributed by atoms with E-state index in [2.05, 4.69) is 0 Å². The van der Waals surface area contributed by atoms with Crippen LogP contribution in [0.4, 0.5) is 13.2 Å². The van der Waals surface area contributed by atoms with Crippen LogP contribution < -0.4 is 4.74 Å². The van der Waals surface area contributed by atoms with Crippen molar-refractivity contribution in [2.24, 2.45) is 0 Å². The first kappa shape index (κ1) is 12.3. The number of ketones is 1. The number of hydrogen-bond donors (Lipinski definition) is 0. The third kappa shape index (κ3) is 2.41. The topological polar surface area (TPSA) is 26.3 Å². The van der Waals surface area contributed by atoms with Gasteiger partial charge in [-0.15, -0.1) is 11.8 Å². The number of thioether (sulfide) groups is 1. The highest BCUT2D eigenvalue weighted by Gasteiger charge is 2.44. The van der Waals surface area contributed by atoms with Crippen LogP contribution in [0.5, 0.6) is 5.75 Å². The summed E-state index contributed by atoms with van der Waals surface area (Å²) in [4.78, 5) is 11.9. The minimum absolute atomic E-state index is 0.336. The van der Waals surface area contributed by atoms with E-state index in [0.29, 0.717) is 28.0 Å². The molecule has 2 nitrogen and oxygen atoms in total. The lowest BCUT2D eigenvalue weighted by Crippen LogP contribution is -2.31.